The van der Waals surface area contributed by atoms with Gasteiger partial charge in [0.15, 0.2) is 5.65 Å². The molecule has 1 aliphatic rings. The van der Waals surface area contributed by atoms with Gasteiger partial charge in [-0.3, -0.25) is 0 Å². The van der Waals surface area contributed by atoms with Gasteiger partial charge in [0.1, 0.15) is 24.0 Å². The lowest BCUT2D eigenvalue weighted by molar-refractivity contribution is -0.0155. The summed E-state index contributed by atoms with van der Waals surface area (Å²) in [5.41, 5.74) is 2.75. The summed E-state index contributed by atoms with van der Waals surface area (Å²) in [6, 6.07) is 21.8. The summed E-state index contributed by atoms with van der Waals surface area (Å²) in [6.45, 7) is 7.91. The topological polar surface area (TPSA) is 103 Å². The summed E-state index contributed by atoms with van der Waals surface area (Å²) in [7, 11) is 0. The summed E-state index contributed by atoms with van der Waals surface area (Å²) in [5, 5.41) is 13.4. The number of rotatable bonds is 7. The van der Waals surface area contributed by atoms with E-state index in [0.29, 0.717) is 31.2 Å². The van der Waals surface area contributed by atoms with Gasteiger partial charge in [-0.05, 0) is 66.6 Å². The number of pyridine rings is 1. The van der Waals surface area contributed by atoms with Gasteiger partial charge in [0.05, 0.1) is 11.1 Å². The lowest BCUT2D eigenvalue weighted by Gasteiger charge is -2.53. The first kappa shape index (κ1) is 25.6. The zero-order chi connectivity index (χ0) is 26.8. The van der Waals surface area contributed by atoms with Crippen molar-refractivity contribution in [3.05, 3.63) is 72.3 Å². The number of hydrogen-bond acceptors (Lipinski definition) is 5. The van der Waals surface area contributed by atoms with Crippen LogP contribution in [0.3, 0.4) is 0 Å². The number of carbonyl (C=O) groups is 1. The fourth-order valence-corrected chi connectivity index (χ4v) is 5.36. The Morgan fingerprint density at radius 1 is 1.05 bits per heavy atom. The maximum Gasteiger partial charge on any atom is 0.407 e. The standard InChI is InChI=1S/C30H35N5O3/c1-29(2,3)30(17-7-8-18-35(30)28(36)37)20-31-25-16-15-24-27(33-25)34-26(32-24)22-11-13-23(14-12-22)38-19-21-9-5-4-6-10-21/h4-6,9-16H,7-8,17-20H2,1-3H3,(H,36,37)(H2,31,32,33,34). The van der Waals surface area contributed by atoms with Gasteiger partial charge < -0.3 is 25.0 Å². The summed E-state index contributed by atoms with van der Waals surface area (Å²) in [4.78, 5) is 26.5. The molecule has 1 fully saturated rings. The number of fused-ring (bicyclic) bond motifs is 1. The predicted octanol–water partition coefficient (Wildman–Crippen LogP) is 6.56. The molecule has 0 radical (unpaired) electrons. The van der Waals surface area contributed by atoms with Gasteiger partial charge in [0.2, 0.25) is 0 Å². The Morgan fingerprint density at radius 3 is 2.53 bits per heavy atom. The van der Waals surface area contributed by atoms with Gasteiger partial charge in [0, 0.05) is 18.7 Å². The molecule has 0 aliphatic carbocycles. The fourth-order valence-electron chi connectivity index (χ4n) is 5.36. The van der Waals surface area contributed by atoms with Crippen molar-refractivity contribution in [1.29, 1.82) is 0 Å². The van der Waals surface area contributed by atoms with Crippen LogP contribution in [0.4, 0.5) is 10.6 Å². The van der Waals surface area contributed by atoms with E-state index >= 15 is 0 Å². The first-order chi connectivity index (χ1) is 18.2. The molecule has 8 heteroatoms. The SMILES string of the molecule is CC(C)(C)C1(CNc2ccc3[nH]c(-c4ccc(OCc5ccccc5)cc4)nc3n2)CCCCN1C(=O)O. The van der Waals surface area contributed by atoms with Crippen molar-refractivity contribution >= 4 is 23.1 Å². The van der Waals surface area contributed by atoms with Crippen LogP contribution in [0.5, 0.6) is 5.75 Å². The normalized spacial score (nSPS) is 17.9. The molecule has 0 spiro atoms. The van der Waals surface area contributed by atoms with Crippen LogP contribution in [0.1, 0.15) is 45.6 Å². The fraction of sp³-hybridized carbons (Fsp3) is 0.367. The van der Waals surface area contributed by atoms with Gasteiger partial charge in [-0.15, -0.1) is 0 Å². The average Bonchev–Trinajstić information content (AvgIpc) is 3.34. The molecule has 1 aliphatic heterocycles. The number of aromatic amines is 1. The van der Waals surface area contributed by atoms with Crippen molar-refractivity contribution in [3.8, 4) is 17.1 Å². The molecule has 38 heavy (non-hydrogen) atoms. The van der Waals surface area contributed by atoms with E-state index in [1.165, 1.54) is 0 Å². The van der Waals surface area contributed by atoms with Crippen molar-refractivity contribution in [1.82, 2.24) is 19.9 Å². The Balaban J connectivity index is 1.30. The van der Waals surface area contributed by atoms with Crippen molar-refractivity contribution in [2.45, 2.75) is 52.2 Å². The molecule has 3 heterocycles. The Labute approximate surface area is 223 Å². The number of ether oxygens (including phenoxy) is 1. The van der Waals surface area contributed by atoms with Crippen LogP contribution in [0, 0.1) is 5.41 Å². The summed E-state index contributed by atoms with van der Waals surface area (Å²) >= 11 is 0. The highest BCUT2D eigenvalue weighted by Gasteiger charge is 2.50. The molecule has 198 valence electrons. The molecule has 1 saturated heterocycles. The molecule has 3 N–H and O–H groups in total. The van der Waals surface area contributed by atoms with E-state index in [1.807, 2.05) is 66.7 Å². The molecular weight excluding hydrogens is 478 g/mol. The van der Waals surface area contributed by atoms with E-state index < -0.39 is 11.6 Å². The number of aromatic nitrogens is 3. The van der Waals surface area contributed by atoms with E-state index in [-0.39, 0.29) is 5.41 Å². The number of carboxylic acid groups (broad SMARTS) is 1. The number of nitrogens with one attached hydrogen (secondary N) is 2. The highest BCUT2D eigenvalue weighted by Crippen LogP contribution is 2.43. The van der Waals surface area contributed by atoms with Gasteiger partial charge in [-0.1, -0.05) is 51.1 Å². The van der Waals surface area contributed by atoms with Crippen LogP contribution < -0.4 is 10.1 Å². The van der Waals surface area contributed by atoms with Crippen LogP contribution in [0.15, 0.2) is 66.7 Å². The number of H-pyrrole nitrogens is 1. The van der Waals surface area contributed by atoms with Crippen molar-refractivity contribution < 1.29 is 14.6 Å². The zero-order valence-electron chi connectivity index (χ0n) is 22.2. The number of nitrogens with zero attached hydrogens (tertiary/aromatic N) is 3. The minimum absolute atomic E-state index is 0.237. The third-order valence-electron chi connectivity index (χ3n) is 7.65. The second kappa shape index (κ2) is 10.4. The molecule has 0 bridgehead atoms. The van der Waals surface area contributed by atoms with E-state index in [0.717, 1.165) is 47.5 Å². The van der Waals surface area contributed by atoms with E-state index in [9.17, 15) is 9.90 Å². The highest BCUT2D eigenvalue weighted by molar-refractivity contribution is 5.77. The molecule has 5 rings (SSSR count). The number of imidazole rings is 1. The van der Waals surface area contributed by atoms with Crippen molar-refractivity contribution in [2.75, 3.05) is 18.4 Å². The first-order valence-corrected chi connectivity index (χ1v) is 13.1. The maximum atomic E-state index is 12.1. The quantitative estimate of drug-likeness (QED) is 0.258. The number of anilines is 1. The molecular formula is C30H35N5O3. The van der Waals surface area contributed by atoms with Crippen LogP contribution in [-0.4, -0.2) is 49.7 Å². The molecule has 1 unspecified atom stereocenters. The largest absolute Gasteiger partial charge is 0.489 e. The third kappa shape index (κ3) is 5.16. The second-order valence-electron chi connectivity index (χ2n) is 11.0. The monoisotopic (exact) mass is 513 g/mol. The first-order valence-electron chi connectivity index (χ1n) is 13.1. The number of amides is 1. The number of likely N-dealkylation sites (tertiary alicyclic amines) is 1. The van der Waals surface area contributed by atoms with Crippen LogP contribution in [0.2, 0.25) is 0 Å². The molecule has 4 aromatic rings. The Bertz CT molecular complexity index is 1400. The lowest BCUT2D eigenvalue weighted by Crippen LogP contribution is -2.64. The molecule has 2 aromatic heterocycles. The van der Waals surface area contributed by atoms with Gasteiger partial charge in [0.25, 0.3) is 0 Å². The number of piperidine rings is 1. The molecule has 1 amide bonds. The van der Waals surface area contributed by atoms with Gasteiger partial charge in [-0.25, -0.2) is 14.8 Å². The second-order valence-corrected chi connectivity index (χ2v) is 11.0. The predicted molar refractivity (Wildman–Crippen MR) is 149 cm³/mol. The average molecular weight is 514 g/mol. The Morgan fingerprint density at radius 2 is 1.82 bits per heavy atom. The van der Waals surface area contributed by atoms with E-state index in [2.05, 4.69) is 31.1 Å². The van der Waals surface area contributed by atoms with Crippen molar-refractivity contribution in [3.63, 3.8) is 0 Å². The van der Waals surface area contributed by atoms with Crippen LogP contribution in [0.25, 0.3) is 22.6 Å². The molecule has 8 nitrogen and oxygen atoms in total. The van der Waals surface area contributed by atoms with Gasteiger partial charge >= 0.3 is 6.09 Å². The maximum absolute atomic E-state index is 12.1. The number of benzene rings is 2. The smallest absolute Gasteiger partial charge is 0.407 e. The van der Waals surface area contributed by atoms with Crippen LogP contribution >= 0.6 is 0 Å². The van der Waals surface area contributed by atoms with Crippen LogP contribution in [-0.2, 0) is 6.61 Å². The minimum Gasteiger partial charge on any atom is -0.489 e. The zero-order valence-corrected chi connectivity index (χ0v) is 22.2. The van der Waals surface area contributed by atoms with Crippen molar-refractivity contribution in [2.24, 2.45) is 5.41 Å². The minimum atomic E-state index is -0.863. The summed E-state index contributed by atoms with van der Waals surface area (Å²) in [5.74, 6) is 2.21. The highest BCUT2D eigenvalue weighted by atomic mass is 16.5. The summed E-state index contributed by atoms with van der Waals surface area (Å²) < 4.78 is 5.90. The molecule has 1 atom stereocenters. The third-order valence-corrected chi connectivity index (χ3v) is 7.65. The Hall–Kier alpha value is -4.07. The van der Waals surface area contributed by atoms with E-state index in [1.54, 1.807) is 4.90 Å². The number of hydrogen-bond donors (Lipinski definition) is 3. The molecule has 0 saturated carbocycles. The summed E-state index contributed by atoms with van der Waals surface area (Å²) in [6.07, 6.45) is 1.85. The molecule has 2 aromatic carbocycles. The Kier molecular flexibility index (Phi) is 6.97. The lowest BCUT2D eigenvalue weighted by atomic mass is 9.67. The van der Waals surface area contributed by atoms with Gasteiger partial charge in [-0.2, -0.15) is 0 Å². The van der Waals surface area contributed by atoms with E-state index in [4.69, 9.17) is 14.7 Å².